The number of hydrogen-bond acceptors (Lipinski definition) is 6. The van der Waals surface area contributed by atoms with Gasteiger partial charge in [0, 0.05) is 36.0 Å². The van der Waals surface area contributed by atoms with Crippen molar-refractivity contribution >= 4 is 39.9 Å². The molecule has 0 saturated heterocycles. The van der Waals surface area contributed by atoms with Crippen molar-refractivity contribution in [1.82, 2.24) is 19.7 Å². The Hall–Kier alpha value is -3.56. The van der Waals surface area contributed by atoms with E-state index < -0.39 is 5.91 Å². The van der Waals surface area contributed by atoms with Gasteiger partial charge in [0.05, 0.1) is 32.7 Å². The number of aryl methyl sites for hydroxylation is 1. The van der Waals surface area contributed by atoms with Gasteiger partial charge in [-0.15, -0.1) is 0 Å². The zero-order chi connectivity index (χ0) is 22.4. The molecule has 0 aliphatic heterocycles. The Bertz CT molecular complexity index is 1380. The third-order valence-corrected chi connectivity index (χ3v) is 6.51. The molecule has 10 heteroatoms. The topological polar surface area (TPSA) is 116 Å². The minimum absolute atomic E-state index is 0.175. The molecule has 2 amide bonds. The Kier molecular flexibility index (Phi) is 4.99. The van der Waals surface area contributed by atoms with Gasteiger partial charge in [0.1, 0.15) is 0 Å². The third-order valence-electron chi connectivity index (χ3n) is 5.19. The lowest BCUT2D eigenvalue weighted by atomic mass is 9.95. The van der Waals surface area contributed by atoms with Crippen LogP contribution in [0.4, 0.5) is 5.13 Å². The summed E-state index contributed by atoms with van der Waals surface area (Å²) in [4.78, 5) is 32.9. The maximum absolute atomic E-state index is 11.6. The number of carbonyl (C=O) groups excluding carboxylic acids is 2. The summed E-state index contributed by atoms with van der Waals surface area (Å²) in [5, 5.41) is 8.57. The molecule has 1 aliphatic rings. The van der Waals surface area contributed by atoms with Gasteiger partial charge in [0.2, 0.25) is 11.8 Å². The van der Waals surface area contributed by atoms with Crippen molar-refractivity contribution in [1.29, 1.82) is 0 Å². The van der Waals surface area contributed by atoms with E-state index in [2.05, 4.69) is 15.3 Å². The zero-order valence-corrected chi connectivity index (χ0v) is 18.5. The average molecular weight is 465 g/mol. The first kappa shape index (κ1) is 20.3. The van der Waals surface area contributed by atoms with Crippen LogP contribution in [-0.4, -0.2) is 31.6 Å². The summed E-state index contributed by atoms with van der Waals surface area (Å²) < 4.78 is 1.78. The van der Waals surface area contributed by atoms with Crippen molar-refractivity contribution in [3.8, 4) is 27.5 Å². The maximum Gasteiger partial charge on any atom is 0.248 e. The van der Waals surface area contributed by atoms with E-state index in [0.29, 0.717) is 21.4 Å². The Balaban J connectivity index is 1.75. The normalized spacial score (nSPS) is 12.2. The number of hydrogen-bond donors (Lipinski definition) is 2. The van der Waals surface area contributed by atoms with Crippen LogP contribution in [0, 0.1) is 0 Å². The number of thiazole rings is 1. The number of nitrogens with zero attached hydrogens (tertiary/aromatic N) is 4. The molecule has 0 unspecified atom stereocenters. The number of carbonyl (C=O) groups is 2. The minimum Gasteiger partial charge on any atom is -0.366 e. The first-order valence-corrected chi connectivity index (χ1v) is 11.0. The van der Waals surface area contributed by atoms with Crippen LogP contribution in [0.15, 0.2) is 42.7 Å². The van der Waals surface area contributed by atoms with Crippen LogP contribution in [0.5, 0.6) is 0 Å². The Morgan fingerprint density at radius 1 is 1.25 bits per heavy atom. The summed E-state index contributed by atoms with van der Waals surface area (Å²) in [6, 6.07) is 8.72. The number of pyridine rings is 1. The predicted molar refractivity (Wildman–Crippen MR) is 123 cm³/mol. The Labute approximate surface area is 192 Å². The quantitative estimate of drug-likeness (QED) is 0.475. The SMILES string of the molecule is CC(=O)Nc1nc2c(s1)-c1c(c(-c3cccnc3)nn1-c1ccc(C(N)=O)cc1Cl)CC2. The summed E-state index contributed by atoms with van der Waals surface area (Å²) in [5.74, 6) is -0.729. The van der Waals surface area contributed by atoms with Crippen LogP contribution in [0.1, 0.15) is 28.5 Å². The highest BCUT2D eigenvalue weighted by Gasteiger charge is 2.30. The van der Waals surface area contributed by atoms with Crippen molar-refractivity contribution in [2.45, 2.75) is 19.8 Å². The Morgan fingerprint density at radius 3 is 2.78 bits per heavy atom. The van der Waals surface area contributed by atoms with E-state index in [1.807, 2.05) is 12.1 Å². The largest absolute Gasteiger partial charge is 0.366 e. The predicted octanol–water partition coefficient (Wildman–Crippen LogP) is 3.87. The summed E-state index contributed by atoms with van der Waals surface area (Å²) in [7, 11) is 0. The van der Waals surface area contributed by atoms with Gasteiger partial charge in [0.15, 0.2) is 5.13 Å². The van der Waals surface area contributed by atoms with Crippen LogP contribution < -0.4 is 11.1 Å². The average Bonchev–Trinajstić information content (AvgIpc) is 3.34. The Morgan fingerprint density at radius 2 is 2.09 bits per heavy atom. The fraction of sp³-hybridized carbons (Fsp3) is 0.136. The molecule has 5 rings (SSSR count). The minimum atomic E-state index is -0.554. The van der Waals surface area contributed by atoms with Gasteiger partial charge in [0.25, 0.3) is 0 Å². The number of aromatic nitrogens is 4. The van der Waals surface area contributed by atoms with Crippen LogP contribution in [0.25, 0.3) is 27.5 Å². The van der Waals surface area contributed by atoms with E-state index in [0.717, 1.165) is 45.9 Å². The van der Waals surface area contributed by atoms with E-state index >= 15 is 0 Å². The molecule has 3 heterocycles. The molecule has 32 heavy (non-hydrogen) atoms. The second kappa shape index (κ2) is 7.85. The molecule has 0 radical (unpaired) electrons. The monoisotopic (exact) mass is 464 g/mol. The van der Waals surface area contributed by atoms with E-state index in [4.69, 9.17) is 22.4 Å². The molecule has 1 aromatic carbocycles. The molecule has 0 spiro atoms. The van der Waals surface area contributed by atoms with Crippen LogP contribution in [0.2, 0.25) is 5.02 Å². The number of nitrogens with two attached hydrogens (primary N) is 1. The molecule has 0 bridgehead atoms. The second-order valence-corrected chi connectivity index (χ2v) is 8.74. The summed E-state index contributed by atoms with van der Waals surface area (Å²) in [6.45, 7) is 1.46. The maximum atomic E-state index is 11.6. The van der Waals surface area contributed by atoms with Crippen LogP contribution in [-0.2, 0) is 17.6 Å². The lowest BCUT2D eigenvalue weighted by Crippen LogP contribution is -2.11. The van der Waals surface area contributed by atoms with Crippen molar-refractivity contribution in [3.63, 3.8) is 0 Å². The molecule has 3 aromatic heterocycles. The molecule has 3 N–H and O–H groups in total. The van der Waals surface area contributed by atoms with Gasteiger partial charge in [-0.2, -0.15) is 5.10 Å². The molecule has 160 valence electrons. The van der Waals surface area contributed by atoms with E-state index in [-0.39, 0.29) is 5.91 Å². The molecule has 0 atom stereocenters. The van der Waals surface area contributed by atoms with Gasteiger partial charge in [-0.05, 0) is 43.2 Å². The van der Waals surface area contributed by atoms with Crippen molar-refractivity contribution in [2.75, 3.05) is 5.32 Å². The van der Waals surface area contributed by atoms with Gasteiger partial charge in [-0.25, -0.2) is 9.67 Å². The lowest BCUT2D eigenvalue weighted by Gasteiger charge is -2.15. The number of primary amides is 1. The summed E-state index contributed by atoms with van der Waals surface area (Å²) in [5.41, 5.74) is 10.9. The van der Waals surface area contributed by atoms with Gasteiger partial charge < -0.3 is 11.1 Å². The lowest BCUT2D eigenvalue weighted by molar-refractivity contribution is -0.114. The van der Waals surface area contributed by atoms with Crippen molar-refractivity contribution in [2.24, 2.45) is 5.73 Å². The third kappa shape index (κ3) is 3.45. The molecule has 0 saturated carbocycles. The molecule has 8 nitrogen and oxygen atoms in total. The summed E-state index contributed by atoms with van der Waals surface area (Å²) in [6.07, 6.45) is 4.95. The van der Waals surface area contributed by atoms with Crippen molar-refractivity contribution in [3.05, 3.63) is 64.6 Å². The number of anilines is 1. The first-order valence-electron chi connectivity index (χ1n) is 9.82. The number of rotatable bonds is 4. The molecule has 4 aromatic rings. The molecule has 0 fully saturated rings. The second-order valence-electron chi connectivity index (χ2n) is 7.34. The molecular weight excluding hydrogens is 448 g/mol. The highest BCUT2D eigenvalue weighted by molar-refractivity contribution is 7.19. The first-order chi connectivity index (χ1) is 15.4. The fourth-order valence-corrected chi connectivity index (χ4v) is 5.19. The fourth-order valence-electron chi connectivity index (χ4n) is 3.82. The number of nitrogens with one attached hydrogen (secondary N) is 1. The molecule has 1 aliphatic carbocycles. The van der Waals surface area contributed by atoms with E-state index in [9.17, 15) is 9.59 Å². The van der Waals surface area contributed by atoms with Gasteiger partial charge in [-0.3, -0.25) is 14.6 Å². The van der Waals surface area contributed by atoms with Gasteiger partial charge in [-0.1, -0.05) is 22.9 Å². The smallest absolute Gasteiger partial charge is 0.248 e. The van der Waals surface area contributed by atoms with Crippen molar-refractivity contribution < 1.29 is 9.59 Å². The zero-order valence-electron chi connectivity index (χ0n) is 16.9. The molecular formula is C22H17ClN6O2S. The van der Waals surface area contributed by atoms with E-state index in [1.165, 1.54) is 24.3 Å². The number of halogens is 1. The highest BCUT2D eigenvalue weighted by atomic mass is 35.5. The van der Waals surface area contributed by atoms with Gasteiger partial charge >= 0.3 is 0 Å². The number of amides is 2. The number of fused-ring (bicyclic) bond motifs is 3. The van der Waals surface area contributed by atoms with E-state index in [1.54, 1.807) is 29.2 Å². The standard InChI is InChI=1S/C22H17ClN6O2S/c1-11(30)26-22-27-16-6-5-14-18(13-3-2-8-25-10-13)28-29(19(14)20(16)32-22)17-7-4-12(21(24)31)9-15(17)23/h2-4,7-10H,5-6H2,1H3,(H2,24,31)(H,26,27,30). The highest BCUT2D eigenvalue weighted by Crippen LogP contribution is 2.44. The number of benzene rings is 1. The summed E-state index contributed by atoms with van der Waals surface area (Å²) >= 11 is 7.96. The van der Waals surface area contributed by atoms with Crippen LogP contribution >= 0.6 is 22.9 Å². The van der Waals surface area contributed by atoms with Crippen LogP contribution in [0.3, 0.4) is 0 Å².